The summed E-state index contributed by atoms with van der Waals surface area (Å²) in [4.78, 5) is 10.9. The first-order valence-electron chi connectivity index (χ1n) is 10.1. The second-order valence-electron chi connectivity index (χ2n) is 7.17. The summed E-state index contributed by atoms with van der Waals surface area (Å²) in [7, 11) is 0. The van der Waals surface area contributed by atoms with Crippen molar-refractivity contribution >= 4 is 35.8 Å². The number of nitrogens with one attached hydrogen (secondary N) is 2. The highest BCUT2D eigenvalue weighted by Crippen LogP contribution is 2.20. The molecule has 0 spiro atoms. The van der Waals surface area contributed by atoms with Crippen LogP contribution in [0.2, 0.25) is 0 Å². The van der Waals surface area contributed by atoms with Gasteiger partial charge in [-0.2, -0.15) is 0 Å². The molecular formula is C20H35FIN5O. The molecule has 2 N–H and O–H groups in total. The van der Waals surface area contributed by atoms with Crippen molar-refractivity contribution in [2.45, 2.75) is 52.7 Å². The molecule has 1 fully saturated rings. The smallest absolute Gasteiger partial charge is 0.191 e. The van der Waals surface area contributed by atoms with Gasteiger partial charge in [-0.15, -0.1) is 24.0 Å². The number of anilines is 1. The number of aliphatic imine (C=N–C) groups is 1. The van der Waals surface area contributed by atoms with E-state index in [2.05, 4.69) is 36.4 Å². The summed E-state index contributed by atoms with van der Waals surface area (Å²) in [5, 5.41) is 6.78. The van der Waals surface area contributed by atoms with Crippen molar-refractivity contribution in [3.05, 3.63) is 24.1 Å². The van der Waals surface area contributed by atoms with Crippen LogP contribution in [0.3, 0.4) is 0 Å². The summed E-state index contributed by atoms with van der Waals surface area (Å²) >= 11 is 0. The van der Waals surface area contributed by atoms with Crippen LogP contribution in [0.1, 0.15) is 40.5 Å². The molecule has 0 saturated carbocycles. The normalized spacial score (nSPS) is 18.1. The van der Waals surface area contributed by atoms with Crippen LogP contribution in [-0.4, -0.2) is 55.9 Å². The van der Waals surface area contributed by atoms with Crippen LogP contribution in [0.5, 0.6) is 0 Å². The van der Waals surface area contributed by atoms with Gasteiger partial charge in [0.1, 0.15) is 0 Å². The van der Waals surface area contributed by atoms with E-state index in [-0.39, 0.29) is 41.9 Å². The fourth-order valence-corrected chi connectivity index (χ4v) is 3.32. The lowest BCUT2D eigenvalue weighted by Crippen LogP contribution is -2.44. The maximum absolute atomic E-state index is 13.9. The summed E-state index contributed by atoms with van der Waals surface area (Å²) in [5.41, 5.74) is 0. The van der Waals surface area contributed by atoms with Crippen molar-refractivity contribution in [2.75, 3.05) is 37.7 Å². The summed E-state index contributed by atoms with van der Waals surface area (Å²) < 4.78 is 19.7. The van der Waals surface area contributed by atoms with Gasteiger partial charge in [0.05, 0.1) is 6.10 Å². The van der Waals surface area contributed by atoms with Gasteiger partial charge in [0.2, 0.25) is 0 Å². The number of nitrogens with zero attached hydrogens (tertiary/aromatic N) is 3. The lowest BCUT2D eigenvalue weighted by molar-refractivity contribution is 0.0266. The minimum absolute atomic E-state index is 0. The summed E-state index contributed by atoms with van der Waals surface area (Å²) in [6, 6.07) is 3.29. The number of guanidine groups is 1. The van der Waals surface area contributed by atoms with E-state index in [9.17, 15) is 4.39 Å². The molecule has 2 rings (SSSR count). The molecule has 0 amide bonds. The van der Waals surface area contributed by atoms with Crippen molar-refractivity contribution in [1.29, 1.82) is 0 Å². The number of aromatic nitrogens is 1. The third-order valence-corrected chi connectivity index (χ3v) is 4.72. The predicted molar refractivity (Wildman–Crippen MR) is 124 cm³/mol. The molecule has 2 atom stereocenters. The molecule has 28 heavy (non-hydrogen) atoms. The van der Waals surface area contributed by atoms with Gasteiger partial charge < -0.3 is 20.3 Å². The lowest BCUT2D eigenvalue weighted by Gasteiger charge is -2.21. The maximum atomic E-state index is 13.9. The van der Waals surface area contributed by atoms with Gasteiger partial charge in [-0.1, -0.05) is 13.8 Å². The van der Waals surface area contributed by atoms with Crippen molar-refractivity contribution in [3.63, 3.8) is 0 Å². The number of rotatable bonds is 9. The number of hydrogen-bond donors (Lipinski definition) is 2. The van der Waals surface area contributed by atoms with Crippen LogP contribution in [0, 0.1) is 11.7 Å². The number of halogens is 2. The first-order chi connectivity index (χ1) is 13.0. The van der Waals surface area contributed by atoms with E-state index in [1.54, 1.807) is 12.3 Å². The summed E-state index contributed by atoms with van der Waals surface area (Å²) in [5.74, 6) is 1.45. The van der Waals surface area contributed by atoms with Crippen molar-refractivity contribution in [1.82, 2.24) is 15.6 Å². The highest BCUT2D eigenvalue weighted by atomic mass is 127. The molecule has 1 aromatic heterocycles. The molecule has 0 aliphatic carbocycles. The topological polar surface area (TPSA) is 61.8 Å². The number of ether oxygens (including phenoxy) is 1. The molecule has 1 aliphatic heterocycles. The first kappa shape index (κ1) is 24.9. The second kappa shape index (κ2) is 13.1. The Labute approximate surface area is 185 Å². The molecule has 1 aromatic rings. The van der Waals surface area contributed by atoms with Crippen LogP contribution in [0.15, 0.2) is 23.3 Å². The molecule has 2 heterocycles. The van der Waals surface area contributed by atoms with Crippen LogP contribution in [0.25, 0.3) is 0 Å². The van der Waals surface area contributed by atoms with Crippen LogP contribution >= 0.6 is 24.0 Å². The highest BCUT2D eigenvalue weighted by molar-refractivity contribution is 14.0. The largest absolute Gasteiger partial charge is 0.378 e. The van der Waals surface area contributed by atoms with E-state index in [4.69, 9.17) is 9.73 Å². The number of pyridine rings is 1. The standard InChI is InChI=1S/C20H34FN5O.HI/c1-5-22-20(24-12-9-18(15(3)4)27-6-2)25-16-10-13-26(14-16)19-17(21)8-7-11-23-19;/h7-8,11,15-16,18H,5-6,9-10,12-14H2,1-4H3,(H2,22,24,25);1H. The van der Waals surface area contributed by atoms with E-state index >= 15 is 0 Å². The van der Waals surface area contributed by atoms with Crippen LogP contribution in [0.4, 0.5) is 10.2 Å². The summed E-state index contributed by atoms with van der Waals surface area (Å²) in [6.07, 6.45) is 3.69. The van der Waals surface area contributed by atoms with Gasteiger partial charge in [0, 0.05) is 45.0 Å². The van der Waals surface area contributed by atoms with E-state index in [0.717, 1.165) is 38.5 Å². The third-order valence-electron chi connectivity index (χ3n) is 4.72. The molecule has 0 bridgehead atoms. The third kappa shape index (κ3) is 7.69. The second-order valence-corrected chi connectivity index (χ2v) is 7.17. The molecule has 0 aromatic carbocycles. The minimum Gasteiger partial charge on any atom is -0.378 e. The Bertz CT molecular complexity index is 602. The fourth-order valence-electron chi connectivity index (χ4n) is 3.32. The SMILES string of the molecule is CCNC(=NCCC(OCC)C(C)C)NC1CCN(c2ncccc2F)C1.I. The van der Waals surface area contributed by atoms with Gasteiger partial charge in [0.25, 0.3) is 0 Å². The average Bonchev–Trinajstić information content (AvgIpc) is 3.09. The molecule has 160 valence electrons. The van der Waals surface area contributed by atoms with Crippen LogP contribution < -0.4 is 15.5 Å². The molecule has 2 unspecified atom stereocenters. The first-order valence-corrected chi connectivity index (χ1v) is 10.1. The Morgan fingerprint density at radius 3 is 2.86 bits per heavy atom. The molecule has 1 saturated heterocycles. The Morgan fingerprint density at radius 2 is 2.21 bits per heavy atom. The van der Waals surface area contributed by atoms with Crippen molar-refractivity contribution in [2.24, 2.45) is 10.9 Å². The van der Waals surface area contributed by atoms with Gasteiger partial charge >= 0.3 is 0 Å². The lowest BCUT2D eigenvalue weighted by atomic mass is 10.0. The van der Waals surface area contributed by atoms with E-state index in [1.165, 1.54) is 6.07 Å². The van der Waals surface area contributed by atoms with Gasteiger partial charge in [-0.05, 0) is 44.7 Å². The predicted octanol–water partition coefficient (Wildman–Crippen LogP) is 3.42. The Morgan fingerprint density at radius 1 is 1.43 bits per heavy atom. The zero-order chi connectivity index (χ0) is 19.6. The molecule has 0 radical (unpaired) electrons. The maximum Gasteiger partial charge on any atom is 0.191 e. The van der Waals surface area contributed by atoms with E-state index < -0.39 is 0 Å². The number of hydrogen-bond acceptors (Lipinski definition) is 4. The Kier molecular flexibility index (Phi) is 11.7. The van der Waals surface area contributed by atoms with E-state index in [0.29, 0.717) is 24.8 Å². The molecular weight excluding hydrogens is 472 g/mol. The zero-order valence-electron chi connectivity index (χ0n) is 17.4. The minimum atomic E-state index is -0.269. The van der Waals surface area contributed by atoms with Crippen molar-refractivity contribution in [3.8, 4) is 0 Å². The van der Waals surface area contributed by atoms with Gasteiger partial charge in [-0.3, -0.25) is 4.99 Å². The monoisotopic (exact) mass is 507 g/mol. The fraction of sp³-hybridized carbons (Fsp3) is 0.700. The van der Waals surface area contributed by atoms with Crippen LogP contribution in [-0.2, 0) is 4.74 Å². The average molecular weight is 507 g/mol. The van der Waals surface area contributed by atoms with Gasteiger partial charge in [0.15, 0.2) is 17.6 Å². The highest BCUT2D eigenvalue weighted by Gasteiger charge is 2.26. The quantitative estimate of drug-likeness (QED) is 0.305. The Balaban J connectivity index is 0.00000392. The van der Waals surface area contributed by atoms with E-state index in [1.807, 2.05) is 11.8 Å². The molecule has 1 aliphatic rings. The molecule has 8 heteroatoms. The Hall–Kier alpha value is -1.16. The summed E-state index contributed by atoms with van der Waals surface area (Å²) in [6.45, 7) is 12.2. The van der Waals surface area contributed by atoms with Gasteiger partial charge in [-0.25, -0.2) is 9.37 Å². The zero-order valence-corrected chi connectivity index (χ0v) is 19.8. The van der Waals surface area contributed by atoms with Crippen molar-refractivity contribution < 1.29 is 9.13 Å². The molecule has 6 nitrogen and oxygen atoms in total.